The van der Waals surface area contributed by atoms with Crippen molar-refractivity contribution in [2.45, 2.75) is 135 Å². The van der Waals surface area contributed by atoms with Crippen molar-refractivity contribution in [2.75, 3.05) is 6.54 Å². The molecule has 240 valence electrons. The summed E-state index contributed by atoms with van der Waals surface area (Å²) in [4.78, 5) is 13.9. The predicted octanol–water partition coefficient (Wildman–Crippen LogP) is 9.91. The Labute approximate surface area is 249 Å². The third kappa shape index (κ3) is 7.68. The normalized spacial score (nSPS) is 30.0. The Kier molecular flexibility index (Phi) is 11.2. The summed E-state index contributed by atoms with van der Waals surface area (Å²) < 4.78 is 77.4. The lowest BCUT2D eigenvalue weighted by Gasteiger charge is -2.49. The van der Waals surface area contributed by atoms with Crippen LogP contribution in [-0.4, -0.2) is 46.1 Å². The van der Waals surface area contributed by atoms with E-state index in [1.807, 2.05) is 13.8 Å². The first-order valence-corrected chi connectivity index (χ1v) is 15.9. The van der Waals surface area contributed by atoms with Crippen LogP contribution in [0.5, 0.6) is 0 Å². The van der Waals surface area contributed by atoms with Crippen molar-refractivity contribution in [1.29, 1.82) is 0 Å². The molecule has 0 bridgehead atoms. The van der Waals surface area contributed by atoms with Gasteiger partial charge < -0.3 is 5.11 Å². The van der Waals surface area contributed by atoms with E-state index in [1.165, 1.54) is 0 Å². The molecule has 2 aliphatic rings. The molecule has 1 aromatic carbocycles. The van der Waals surface area contributed by atoms with Crippen LogP contribution >= 0.6 is 0 Å². The van der Waals surface area contributed by atoms with E-state index in [4.69, 9.17) is 0 Å². The monoisotopic (exact) mass is 601 g/mol. The maximum atomic E-state index is 15.6. The Morgan fingerprint density at radius 1 is 0.881 bits per heavy atom. The third-order valence-electron chi connectivity index (χ3n) is 9.96. The first-order valence-electron chi connectivity index (χ1n) is 15.9. The van der Waals surface area contributed by atoms with Crippen LogP contribution in [0, 0.1) is 29.6 Å². The maximum absolute atomic E-state index is 15.6. The zero-order valence-electron chi connectivity index (χ0n) is 26.5. The summed E-state index contributed by atoms with van der Waals surface area (Å²) >= 11 is 0. The van der Waals surface area contributed by atoms with E-state index in [9.17, 15) is 9.90 Å². The third-order valence-corrected chi connectivity index (χ3v) is 9.96. The number of hydrogen-bond acceptors (Lipinski definition) is 2. The molecule has 3 rings (SSSR count). The van der Waals surface area contributed by atoms with E-state index in [2.05, 4.69) is 32.6 Å². The molecule has 1 N–H and O–H groups in total. The van der Waals surface area contributed by atoms with E-state index in [1.54, 1.807) is 24.3 Å². The van der Waals surface area contributed by atoms with E-state index in [0.29, 0.717) is 29.4 Å². The Morgan fingerprint density at radius 3 is 1.88 bits per heavy atom. The topological polar surface area (TPSA) is 40.5 Å². The minimum absolute atomic E-state index is 0.00730. The molecule has 2 fully saturated rings. The fourth-order valence-corrected chi connectivity index (χ4v) is 7.31. The molecule has 1 aromatic rings. The Bertz CT molecular complexity index is 1010. The summed E-state index contributed by atoms with van der Waals surface area (Å²) in [5.74, 6) is -10.5. The molecule has 5 atom stereocenters. The van der Waals surface area contributed by atoms with Crippen molar-refractivity contribution < 1.29 is 31.9 Å². The lowest BCUT2D eigenvalue weighted by atomic mass is 9.64. The molecule has 0 aromatic heterocycles. The predicted molar refractivity (Wildman–Crippen MR) is 158 cm³/mol. The van der Waals surface area contributed by atoms with Gasteiger partial charge in [-0.15, -0.1) is 0 Å². The van der Waals surface area contributed by atoms with Crippen molar-refractivity contribution in [3.8, 4) is 0 Å². The largest absolute Gasteiger partial charge is 0.481 e. The van der Waals surface area contributed by atoms with Crippen molar-refractivity contribution >= 4 is 5.97 Å². The number of nitrogens with zero attached hydrogens (tertiary/aromatic N) is 1. The highest BCUT2D eigenvalue weighted by molar-refractivity contribution is 5.67. The summed E-state index contributed by atoms with van der Waals surface area (Å²) in [6.07, 6.45) is 2.47. The van der Waals surface area contributed by atoms with Crippen LogP contribution in [0.2, 0.25) is 0 Å². The van der Waals surface area contributed by atoms with Gasteiger partial charge in [-0.2, -0.15) is 0 Å². The second-order valence-electron chi connectivity index (χ2n) is 14.4. The van der Waals surface area contributed by atoms with Gasteiger partial charge in [0.05, 0.1) is 18.3 Å². The number of carboxylic acids is 1. The van der Waals surface area contributed by atoms with Gasteiger partial charge in [-0.3, -0.25) is 9.69 Å². The highest BCUT2D eigenvalue weighted by Crippen LogP contribution is 2.57. The summed E-state index contributed by atoms with van der Waals surface area (Å²) in [7, 11) is 0. The average Bonchev–Trinajstić information content (AvgIpc) is 2.86. The minimum atomic E-state index is -3.59. The molecule has 1 saturated heterocycles. The summed E-state index contributed by atoms with van der Waals surface area (Å²) in [5.41, 5.74) is -1.84. The summed E-state index contributed by atoms with van der Waals surface area (Å²) in [6, 6.07) is 5.44. The van der Waals surface area contributed by atoms with Crippen molar-refractivity contribution in [2.24, 2.45) is 29.6 Å². The van der Waals surface area contributed by atoms with Gasteiger partial charge in [0.15, 0.2) is 5.67 Å². The molecule has 1 aliphatic heterocycles. The molecule has 1 heterocycles. The number of benzene rings is 1. The van der Waals surface area contributed by atoms with E-state index >= 15 is 22.0 Å². The number of likely N-dealkylation sites (tertiary alicyclic amines) is 1. The molecule has 1 saturated carbocycles. The first-order chi connectivity index (χ1) is 19.4. The van der Waals surface area contributed by atoms with Gasteiger partial charge in [0.2, 0.25) is 0 Å². The minimum Gasteiger partial charge on any atom is -0.481 e. The number of piperidine rings is 1. The van der Waals surface area contributed by atoms with Crippen molar-refractivity contribution in [1.82, 2.24) is 4.90 Å². The van der Waals surface area contributed by atoms with Crippen molar-refractivity contribution in [3.05, 3.63) is 35.4 Å². The molecular weight excluding hydrogens is 549 g/mol. The number of hydrogen-bond donors (Lipinski definition) is 1. The molecule has 3 nitrogen and oxygen atoms in total. The highest BCUT2D eigenvalue weighted by Gasteiger charge is 2.62. The molecule has 5 unspecified atom stereocenters. The molecule has 8 heteroatoms. The van der Waals surface area contributed by atoms with Crippen LogP contribution in [0.1, 0.15) is 123 Å². The summed E-state index contributed by atoms with van der Waals surface area (Å²) in [5, 5.41) is 9.67. The quantitative estimate of drug-likeness (QED) is 0.243. The van der Waals surface area contributed by atoms with E-state index < -0.39 is 60.1 Å². The first kappa shape index (κ1) is 34.8. The number of halogens is 5. The molecule has 0 spiro atoms. The average molecular weight is 602 g/mol. The standard InChI is InChI=1S/C34H52F5NO2/c1-21(2)8-14-26(15-9-22(3)4)40-19-18-33(36,37)28(20-29(41)42)31(40)25-12-10-24(11-13-25)30-27(23(5)6)16-17-32(7,35)34(30,38)39/h10-13,21-23,26-28,30-31H,8-9,14-20H2,1-7H3,(H,41,42). The number of alkyl halides is 5. The number of aliphatic carboxylic acids is 1. The number of carbonyl (C=O) groups is 1. The van der Waals surface area contributed by atoms with Gasteiger partial charge in [-0.25, -0.2) is 22.0 Å². The SMILES string of the molecule is CC(C)CCC(CCC(C)C)N1CCC(F)(F)C(CC(=O)O)C1c1ccc(C2C(C(C)C)CCC(C)(F)C2(F)F)cc1. The molecule has 42 heavy (non-hydrogen) atoms. The zero-order chi connectivity index (χ0) is 31.6. The lowest BCUT2D eigenvalue weighted by Crippen LogP contribution is -2.53. The second kappa shape index (κ2) is 13.5. The van der Waals surface area contributed by atoms with E-state index in [0.717, 1.165) is 32.6 Å². The Balaban J connectivity index is 2.08. The van der Waals surface area contributed by atoms with Gasteiger partial charge in [0.25, 0.3) is 11.8 Å². The summed E-state index contributed by atoms with van der Waals surface area (Å²) in [6.45, 7) is 13.3. The molecule has 1 aliphatic carbocycles. The van der Waals surface area contributed by atoms with Gasteiger partial charge in [0, 0.05) is 25.0 Å². The van der Waals surface area contributed by atoms with E-state index in [-0.39, 0.29) is 24.9 Å². The maximum Gasteiger partial charge on any atom is 0.303 e. The fraction of sp³-hybridized carbons (Fsp3) is 0.794. The van der Waals surface area contributed by atoms with Crippen LogP contribution in [0.15, 0.2) is 24.3 Å². The second-order valence-corrected chi connectivity index (χ2v) is 14.4. The smallest absolute Gasteiger partial charge is 0.303 e. The molecular formula is C34H52F5NO2. The Hall–Kier alpha value is -1.70. The van der Waals surface area contributed by atoms with Crippen LogP contribution < -0.4 is 0 Å². The van der Waals surface area contributed by atoms with Crippen LogP contribution in [0.4, 0.5) is 22.0 Å². The fourth-order valence-electron chi connectivity index (χ4n) is 7.31. The highest BCUT2D eigenvalue weighted by atomic mass is 19.3. The van der Waals surface area contributed by atoms with Gasteiger partial charge in [-0.1, -0.05) is 65.8 Å². The molecule has 0 radical (unpaired) electrons. The number of carboxylic acid groups (broad SMARTS) is 1. The van der Waals surface area contributed by atoms with Crippen LogP contribution in [0.3, 0.4) is 0 Å². The van der Waals surface area contributed by atoms with Crippen LogP contribution in [-0.2, 0) is 4.79 Å². The van der Waals surface area contributed by atoms with Gasteiger partial charge in [-0.05, 0) is 80.2 Å². The zero-order valence-corrected chi connectivity index (χ0v) is 26.5. The Morgan fingerprint density at radius 2 is 1.40 bits per heavy atom. The van der Waals surface area contributed by atoms with Crippen molar-refractivity contribution in [3.63, 3.8) is 0 Å². The van der Waals surface area contributed by atoms with Crippen LogP contribution in [0.25, 0.3) is 0 Å². The molecule has 0 amide bonds. The number of rotatable bonds is 12. The lowest BCUT2D eigenvalue weighted by molar-refractivity contribution is -0.186. The van der Waals surface area contributed by atoms with Gasteiger partial charge in [0.1, 0.15) is 0 Å². The van der Waals surface area contributed by atoms with Gasteiger partial charge >= 0.3 is 5.97 Å².